The summed E-state index contributed by atoms with van der Waals surface area (Å²) in [7, 11) is 0. The van der Waals surface area contributed by atoms with Crippen molar-refractivity contribution in [3.63, 3.8) is 0 Å². The topological polar surface area (TPSA) is 58.6 Å². The Balaban J connectivity index is 2.11. The molecule has 2 aromatic carbocycles. The van der Waals surface area contributed by atoms with Gasteiger partial charge in [-0.2, -0.15) is 0 Å². The maximum atomic E-state index is 12.3. The van der Waals surface area contributed by atoms with E-state index in [0.717, 1.165) is 0 Å². The SMILES string of the molecule is CCOc1cc(Cl)ccc1NC(=O)CC(C)(O)c1ccccc1. The number of hydrogen-bond acceptors (Lipinski definition) is 3. The molecule has 2 rings (SSSR count). The van der Waals surface area contributed by atoms with Crippen LogP contribution in [0.3, 0.4) is 0 Å². The van der Waals surface area contributed by atoms with E-state index in [4.69, 9.17) is 16.3 Å². The lowest BCUT2D eigenvalue weighted by Gasteiger charge is -2.23. The van der Waals surface area contributed by atoms with E-state index in [-0.39, 0.29) is 12.3 Å². The molecule has 0 spiro atoms. The lowest BCUT2D eigenvalue weighted by molar-refractivity contribution is -0.120. The van der Waals surface area contributed by atoms with Gasteiger partial charge < -0.3 is 15.2 Å². The van der Waals surface area contributed by atoms with Gasteiger partial charge in [-0.05, 0) is 31.5 Å². The average Bonchev–Trinajstić information content (AvgIpc) is 2.51. The van der Waals surface area contributed by atoms with Crippen LogP contribution in [0, 0.1) is 0 Å². The van der Waals surface area contributed by atoms with Crippen molar-refractivity contribution in [2.45, 2.75) is 25.9 Å². The van der Waals surface area contributed by atoms with Crippen LogP contribution in [0.25, 0.3) is 0 Å². The summed E-state index contributed by atoms with van der Waals surface area (Å²) in [6, 6.07) is 14.1. The molecule has 1 atom stereocenters. The number of aliphatic hydroxyl groups is 1. The molecule has 0 bridgehead atoms. The molecule has 1 amide bonds. The van der Waals surface area contributed by atoms with E-state index in [1.54, 1.807) is 37.3 Å². The highest BCUT2D eigenvalue weighted by Gasteiger charge is 2.26. The second-order valence-corrected chi connectivity index (χ2v) is 5.87. The first-order valence-corrected chi connectivity index (χ1v) is 7.80. The van der Waals surface area contributed by atoms with E-state index >= 15 is 0 Å². The molecule has 5 heteroatoms. The maximum absolute atomic E-state index is 12.3. The van der Waals surface area contributed by atoms with E-state index in [9.17, 15) is 9.90 Å². The van der Waals surface area contributed by atoms with E-state index in [1.807, 2.05) is 25.1 Å². The zero-order chi connectivity index (χ0) is 16.9. The van der Waals surface area contributed by atoms with Crippen LogP contribution >= 0.6 is 11.6 Å². The van der Waals surface area contributed by atoms with E-state index in [0.29, 0.717) is 28.6 Å². The second-order valence-electron chi connectivity index (χ2n) is 5.44. The number of hydrogen-bond donors (Lipinski definition) is 2. The highest BCUT2D eigenvalue weighted by atomic mass is 35.5. The minimum atomic E-state index is -1.25. The third-order valence-electron chi connectivity index (χ3n) is 3.42. The van der Waals surface area contributed by atoms with E-state index < -0.39 is 5.60 Å². The van der Waals surface area contributed by atoms with Crippen molar-refractivity contribution in [1.29, 1.82) is 0 Å². The Morgan fingerprint density at radius 2 is 1.96 bits per heavy atom. The minimum absolute atomic E-state index is 0.0643. The monoisotopic (exact) mass is 333 g/mol. The Morgan fingerprint density at radius 1 is 1.26 bits per heavy atom. The Kier molecular flexibility index (Phi) is 5.64. The van der Waals surface area contributed by atoms with Gasteiger partial charge in [-0.1, -0.05) is 41.9 Å². The maximum Gasteiger partial charge on any atom is 0.227 e. The zero-order valence-electron chi connectivity index (χ0n) is 13.2. The smallest absolute Gasteiger partial charge is 0.227 e. The fourth-order valence-corrected chi connectivity index (χ4v) is 2.44. The van der Waals surface area contributed by atoms with Gasteiger partial charge in [0.15, 0.2) is 0 Å². The summed E-state index contributed by atoms with van der Waals surface area (Å²) in [5.74, 6) is 0.204. The number of benzene rings is 2. The molecule has 23 heavy (non-hydrogen) atoms. The van der Waals surface area contributed by atoms with Crippen LogP contribution in [-0.4, -0.2) is 17.6 Å². The lowest BCUT2D eigenvalue weighted by Crippen LogP contribution is -2.28. The molecule has 0 fully saturated rings. The highest BCUT2D eigenvalue weighted by Crippen LogP contribution is 2.30. The molecule has 0 radical (unpaired) electrons. The summed E-state index contributed by atoms with van der Waals surface area (Å²) in [5.41, 5.74) is -0.0230. The molecular formula is C18H20ClNO3. The molecule has 2 N–H and O–H groups in total. The van der Waals surface area contributed by atoms with Crippen LogP contribution < -0.4 is 10.1 Å². The fraction of sp³-hybridized carbons (Fsp3) is 0.278. The van der Waals surface area contributed by atoms with Gasteiger partial charge in [-0.15, -0.1) is 0 Å². The number of ether oxygens (including phenoxy) is 1. The Labute approximate surface area is 141 Å². The predicted molar refractivity (Wildman–Crippen MR) is 91.9 cm³/mol. The van der Waals surface area contributed by atoms with Gasteiger partial charge in [-0.3, -0.25) is 4.79 Å². The lowest BCUT2D eigenvalue weighted by atomic mass is 9.92. The molecule has 1 unspecified atom stereocenters. The van der Waals surface area contributed by atoms with E-state index in [2.05, 4.69) is 5.32 Å². The number of carbonyl (C=O) groups is 1. The van der Waals surface area contributed by atoms with Crippen LogP contribution in [0.15, 0.2) is 48.5 Å². The van der Waals surface area contributed by atoms with Crippen molar-refractivity contribution in [2.24, 2.45) is 0 Å². The summed E-state index contributed by atoms with van der Waals surface area (Å²) in [6.07, 6.45) is -0.0643. The second kappa shape index (κ2) is 7.49. The molecule has 0 saturated carbocycles. The summed E-state index contributed by atoms with van der Waals surface area (Å²) >= 11 is 5.94. The van der Waals surface area contributed by atoms with Gasteiger partial charge in [0.1, 0.15) is 5.75 Å². The standard InChI is InChI=1S/C18H20ClNO3/c1-3-23-16-11-14(19)9-10-15(16)20-17(21)12-18(2,22)13-7-5-4-6-8-13/h4-11,22H,3,12H2,1-2H3,(H,20,21). The number of rotatable bonds is 6. The van der Waals surface area contributed by atoms with E-state index in [1.165, 1.54) is 0 Å². The summed E-state index contributed by atoms with van der Waals surface area (Å²) in [6.45, 7) is 3.94. The van der Waals surface area contributed by atoms with Gasteiger partial charge in [0.05, 0.1) is 24.3 Å². The van der Waals surface area contributed by atoms with Crippen molar-refractivity contribution in [1.82, 2.24) is 0 Å². The minimum Gasteiger partial charge on any atom is -0.492 e. The Morgan fingerprint density at radius 3 is 2.61 bits per heavy atom. The average molecular weight is 334 g/mol. The molecule has 2 aromatic rings. The summed E-state index contributed by atoms with van der Waals surface area (Å²) < 4.78 is 5.47. The molecule has 0 aliphatic heterocycles. The van der Waals surface area contributed by atoms with Crippen molar-refractivity contribution in [3.05, 3.63) is 59.1 Å². The number of anilines is 1. The largest absolute Gasteiger partial charge is 0.492 e. The first-order valence-electron chi connectivity index (χ1n) is 7.42. The molecule has 4 nitrogen and oxygen atoms in total. The van der Waals surface area contributed by atoms with Gasteiger partial charge in [0, 0.05) is 11.1 Å². The van der Waals surface area contributed by atoms with Crippen LogP contribution in [0.2, 0.25) is 5.02 Å². The first kappa shape index (κ1) is 17.3. The normalized spacial score (nSPS) is 13.2. The summed E-state index contributed by atoms with van der Waals surface area (Å²) in [5, 5.41) is 13.8. The molecule has 0 heterocycles. The van der Waals surface area contributed by atoms with Crippen LogP contribution in [-0.2, 0) is 10.4 Å². The van der Waals surface area contributed by atoms with Gasteiger partial charge in [-0.25, -0.2) is 0 Å². The number of carbonyl (C=O) groups excluding carboxylic acids is 1. The Hall–Kier alpha value is -2.04. The van der Waals surface area contributed by atoms with Gasteiger partial charge in [0.25, 0.3) is 0 Å². The third kappa shape index (κ3) is 4.71. The van der Waals surface area contributed by atoms with Crippen LogP contribution in [0.5, 0.6) is 5.75 Å². The summed E-state index contributed by atoms with van der Waals surface area (Å²) in [4.78, 5) is 12.3. The zero-order valence-corrected chi connectivity index (χ0v) is 13.9. The molecule has 0 saturated heterocycles. The van der Waals surface area contributed by atoms with Crippen molar-refractivity contribution in [2.75, 3.05) is 11.9 Å². The molecule has 122 valence electrons. The van der Waals surface area contributed by atoms with Crippen LogP contribution in [0.1, 0.15) is 25.8 Å². The number of amides is 1. The van der Waals surface area contributed by atoms with Gasteiger partial charge in [0.2, 0.25) is 5.91 Å². The third-order valence-corrected chi connectivity index (χ3v) is 3.65. The predicted octanol–water partition coefficient (Wildman–Crippen LogP) is 3.98. The van der Waals surface area contributed by atoms with Crippen molar-refractivity contribution < 1.29 is 14.6 Å². The quantitative estimate of drug-likeness (QED) is 0.840. The molecule has 0 aliphatic rings. The van der Waals surface area contributed by atoms with Crippen molar-refractivity contribution >= 4 is 23.2 Å². The molecule has 0 aromatic heterocycles. The fourth-order valence-electron chi connectivity index (χ4n) is 2.28. The first-order chi connectivity index (χ1) is 10.9. The van der Waals surface area contributed by atoms with Crippen molar-refractivity contribution in [3.8, 4) is 5.75 Å². The molecule has 0 aliphatic carbocycles. The number of halogens is 1. The van der Waals surface area contributed by atoms with Gasteiger partial charge >= 0.3 is 0 Å². The highest BCUT2D eigenvalue weighted by molar-refractivity contribution is 6.30. The van der Waals surface area contributed by atoms with Crippen LogP contribution in [0.4, 0.5) is 5.69 Å². The Bertz CT molecular complexity index is 671. The molecular weight excluding hydrogens is 314 g/mol. The number of nitrogens with one attached hydrogen (secondary N) is 1.